The summed E-state index contributed by atoms with van der Waals surface area (Å²) in [7, 11) is 0. The Morgan fingerprint density at radius 3 is 2.94 bits per heavy atom. The van der Waals surface area contributed by atoms with E-state index in [-0.39, 0.29) is 4.88 Å². The van der Waals surface area contributed by atoms with Crippen molar-refractivity contribution in [2.75, 3.05) is 5.32 Å². The van der Waals surface area contributed by atoms with Gasteiger partial charge in [0.25, 0.3) is 0 Å². The van der Waals surface area contributed by atoms with E-state index in [2.05, 4.69) is 10.3 Å². The molecule has 0 aliphatic carbocycles. The minimum absolute atomic E-state index is 0.130. The molecule has 1 heterocycles. The van der Waals surface area contributed by atoms with Crippen LogP contribution in [0.1, 0.15) is 15.2 Å². The van der Waals surface area contributed by atoms with Crippen LogP contribution in [0.3, 0.4) is 0 Å². The van der Waals surface area contributed by atoms with Gasteiger partial charge in [-0.1, -0.05) is 22.9 Å². The van der Waals surface area contributed by atoms with Gasteiger partial charge < -0.3 is 10.4 Å². The number of nitriles is 1. The van der Waals surface area contributed by atoms with E-state index in [0.717, 1.165) is 11.3 Å². The lowest BCUT2D eigenvalue weighted by Gasteiger charge is -2.04. The number of thiazole rings is 1. The number of carbonyl (C=O) groups is 1. The smallest absolute Gasteiger partial charge is 0.347 e. The lowest BCUT2D eigenvalue weighted by molar-refractivity contribution is 0.0702. The molecule has 7 heteroatoms. The molecule has 1 aromatic carbocycles. The van der Waals surface area contributed by atoms with Gasteiger partial charge in [-0.15, -0.1) is 0 Å². The summed E-state index contributed by atoms with van der Waals surface area (Å²) in [6.07, 6.45) is 1.26. The zero-order chi connectivity index (χ0) is 13.1. The molecule has 2 N–H and O–H groups in total. The second-order valence-electron chi connectivity index (χ2n) is 3.27. The Kier molecular flexibility index (Phi) is 3.46. The predicted octanol–water partition coefficient (Wildman–Crippen LogP) is 3.11. The van der Waals surface area contributed by atoms with Gasteiger partial charge in [-0.05, 0) is 18.2 Å². The molecule has 0 atom stereocenters. The molecule has 0 unspecified atom stereocenters. The van der Waals surface area contributed by atoms with Crippen LogP contribution in [-0.4, -0.2) is 16.1 Å². The summed E-state index contributed by atoms with van der Waals surface area (Å²) in [6, 6.07) is 6.75. The van der Waals surface area contributed by atoms with Crippen LogP contribution in [0.15, 0.2) is 24.4 Å². The number of benzene rings is 1. The Balaban J connectivity index is 2.28. The number of hydrogen-bond acceptors (Lipinski definition) is 5. The fourth-order valence-electron chi connectivity index (χ4n) is 1.24. The zero-order valence-corrected chi connectivity index (χ0v) is 10.4. The van der Waals surface area contributed by atoms with Crippen molar-refractivity contribution in [3.8, 4) is 6.07 Å². The summed E-state index contributed by atoms with van der Waals surface area (Å²) in [4.78, 5) is 14.8. The number of anilines is 2. The fourth-order valence-corrected chi connectivity index (χ4v) is 2.07. The van der Waals surface area contributed by atoms with Gasteiger partial charge in [0.15, 0.2) is 5.13 Å². The van der Waals surface area contributed by atoms with Gasteiger partial charge >= 0.3 is 5.97 Å². The van der Waals surface area contributed by atoms with Crippen LogP contribution in [-0.2, 0) is 0 Å². The number of carboxylic acid groups (broad SMARTS) is 1. The number of aromatic nitrogens is 1. The van der Waals surface area contributed by atoms with E-state index in [1.807, 2.05) is 6.07 Å². The third-order valence-electron chi connectivity index (χ3n) is 2.05. The van der Waals surface area contributed by atoms with Crippen LogP contribution in [0.25, 0.3) is 0 Å². The lowest BCUT2D eigenvalue weighted by Crippen LogP contribution is -1.91. The molecule has 1 aromatic heterocycles. The Bertz CT molecular complexity index is 648. The van der Waals surface area contributed by atoms with Gasteiger partial charge in [-0.2, -0.15) is 5.26 Å². The van der Waals surface area contributed by atoms with E-state index in [0.29, 0.717) is 21.4 Å². The fraction of sp³-hybridized carbons (Fsp3) is 0. The van der Waals surface area contributed by atoms with Crippen molar-refractivity contribution in [2.24, 2.45) is 0 Å². The maximum absolute atomic E-state index is 10.7. The first-order valence-corrected chi connectivity index (χ1v) is 5.95. The molecule has 0 aliphatic rings. The number of nitrogens with zero attached hydrogens (tertiary/aromatic N) is 2. The molecule has 2 aromatic rings. The Morgan fingerprint density at radius 1 is 1.56 bits per heavy atom. The van der Waals surface area contributed by atoms with Crippen molar-refractivity contribution in [1.29, 1.82) is 5.26 Å². The average molecular weight is 280 g/mol. The van der Waals surface area contributed by atoms with E-state index < -0.39 is 5.97 Å². The monoisotopic (exact) mass is 279 g/mol. The summed E-state index contributed by atoms with van der Waals surface area (Å²) in [5.74, 6) is -1.03. The second-order valence-corrected chi connectivity index (χ2v) is 4.70. The van der Waals surface area contributed by atoms with E-state index in [1.165, 1.54) is 6.20 Å². The summed E-state index contributed by atoms with van der Waals surface area (Å²) < 4.78 is 0. The van der Waals surface area contributed by atoms with E-state index in [1.54, 1.807) is 18.2 Å². The second kappa shape index (κ2) is 5.04. The maximum atomic E-state index is 10.7. The first-order chi connectivity index (χ1) is 8.60. The summed E-state index contributed by atoms with van der Waals surface area (Å²) in [6.45, 7) is 0. The number of aromatic carboxylic acids is 1. The van der Waals surface area contributed by atoms with Gasteiger partial charge in [-0.25, -0.2) is 9.78 Å². The Labute approximate surface area is 111 Å². The molecule has 0 bridgehead atoms. The summed E-state index contributed by atoms with van der Waals surface area (Å²) in [5.41, 5.74) is 0.971. The highest BCUT2D eigenvalue weighted by Gasteiger charge is 2.10. The Hall–Kier alpha value is -2.10. The number of hydrogen-bond donors (Lipinski definition) is 2. The molecular formula is C11H6ClN3O2S. The van der Waals surface area contributed by atoms with Gasteiger partial charge in [-0.3, -0.25) is 0 Å². The largest absolute Gasteiger partial charge is 0.477 e. The lowest BCUT2D eigenvalue weighted by atomic mass is 10.2. The molecule has 90 valence electrons. The van der Waals surface area contributed by atoms with Crippen molar-refractivity contribution in [3.05, 3.63) is 39.9 Å². The van der Waals surface area contributed by atoms with Crippen molar-refractivity contribution in [3.63, 3.8) is 0 Å². The summed E-state index contributed by atoms with van der Waals surface area (Å²) in [5, 5.41) is 21.3. The van der Waals surface area contributed by atoms with Crippen LogP contribution in [0.5, 0.6) is 0 Å². The number of nitrogens with one attached hydrogen (secondary N) is 1. The SMILES string of the molecule is N#Cc1ccc(Cl)c(Nc2ncc(C(=O)O)s2)c1. The highest BCUT2D eigenvalue weighted by Crippen LogP contribution is 2.28. The topological polar surface area (TPSA) is 86.0 Å². The highest BCUT2D eigenvalue weighted by atomic mass is 35.5. The molecular weight excluding hydrogens is 274 g/mol. The van der Waals surface area contributed by atoms with Crippen LogP contribution in [0.2, 0.25) is 5.02 Å². The molecule has 0 saturated carbocycles. The van der Waals surface area contributed by atoms with Crippen LogP contribution in [0, 0.1) is 11.3 Å². The third kappa shape index (κ3) is 2.59. The van der Waals surface area contributed by atoms with Gasteiger partial charge in [0, 0.05) is 0 Å². The normalized spacial score (nSPS) is 9.78. The van der Waals surface area contributed by atoms with Crippen molar-refractivity contribution in [1.82, 2.24) is 4.98 Å². The Morgan fingerprint density at radius 2 is 2.33 bits per heavy atom. The third-order valence-corrected chi connectivity index (χ3v) is 3.28. The number of halogens is 1. The first kappa shape index (κ1) is 12.4. The van der Waals surface area contributed by atoms with Crippen LogP contribution < -0.4 is 5.32 Å². The van der Waals surface area contributed by atoms with Gasteiger partial charge in [0.1, 0.15) is 4.88 Å². The van der Waals surface area contributed by atoms with Crippen LogP contribution >= 0.6 is 22.9 Å². The minimum atomic E-state index is -1.03. The van der Waals surface area contributed by atoms with Crippen molar-refractivity contribution < 1.29 is 9.90 Å². The van der Waals surface area contributed by atoms with Gasteiger partial charge in [0.05, 0.1) is 28.5 Å². The quantitative estimate of drug-likeness (QED) is 0.901. The van der Waals surface area contributed by atoms with Crippen LogP contribution in [0.4, 0.5) is 10.8 Å². The molecule has 0 radical (unpaired) electrons. The standard InChI is InChI=1S/C11H6ClN3O2S/c12-7-2-1-6(4-13)3-8(7)15-11-14-5-9(18-11)10(16)17/h1-3,5H,(H,14,15)(H,16,17). The number of carboxylic acids is 1. The van der Waals surface area contributed by atoms with E-state index in [4.69, 9.17) is 22.0 Å². The highest BCUT2D eigenvalue weighted by molar-refractivity contribution is 7.17. The zero-order valence-electron chi connectivity index (χ0n) is 8.85. The average Bonchev–Trinajstić information content (AvgIpc) is 2.81. The predicted molar refractivity (Wildman–Crippen MR) is 68.5 cm³/mol. The molecule has 5 nitrogen and oxygen atoms in total. The first-order valence-electron chi connectivity index (χ1n) is 4.76. The minimum Gasteiger partial charge on any atom is -0.477 e. The number of rotatable bonds is 3. The molecule has 0 fully saturated rings. The van der Waals surface area contributed by atoms with Gasteiger partial charge in [0.2, 0.25) is 0 Å². The van der Waals surface area contributed by atoms with E-state index >= 15 is 0 Å². The van der Waals surface area contributed by atoms with Crippen molar-refractivity contribution >= 4 is 39.7 Å². The van der Waals surface area contributed by atoms with E-state index in [9.17, 15) is 4.79 Å². The molecule has 0 saturated heterocycles. The molecule has 2 rings (SSSR count). The van der Waals surface area contributed by atoms with Crippen molar-refractivity contribution in [2.45, 2.75) is 0 Å². The molecule has 0 amide bonds. The molecule has 0 aliphatic heterocycles. The molecule has 18 heavy (non-hydrogen) atoms. The summed E-state index contributed by atoms with van der Waals surface area (Å²) >= 11 is 6.96. The molecule has 0 spiro atoms. The maximum Gasteiger partial charge on any atom is 0.347 e.